The Hall–Kier alpha value is -1.19. The summed E-state index contributed by atoms with van der Waals surface area (Å²) in [7, 11) is -4.04. The molecule has 2 N–H and O–H groups in total. The number of hydrogen-bond donors (Lipinski definition) is 1. The predicted molar refractivity (Wildman–Crippen MR) is 107 cm³/mol. The number of aryl methyl sites for hydroxylation is 1. The highest BCUT2D eigenvalue weighted by atomic mass is 35.5. The topological polar surface area (TPSA) is 95.7 Å². The van der Waals surface area contributed by atoms with Crippen molar-refractivity contribution in [2.24, 2.45) is 5.73 Å². The third-order valence-corrected chi connectivity index (χ3v) is 6.30. The van der Waals surface area contributed by atoms with Crippen LogP contribution >= 0.6 is 11.6 Å². The molecular formula is C19H30ClN2O5S+. The van der Waals surface area contributed by atoms with Crippen LogP contribution in [-0.4, -0.2) is 55.7 Å². The third kappa shape index (κ3) is 6.42. The fourth-order valence-corrected chi connectivity index (χ4v) is 4.44. The maximum Gasteiger partial charge on any atom is 0.342 e. The van der Waals surface area contributed by atoms with Crippen molar-refractivity contribution in [1.29, 1.82) is 0 Å². The molecule has 1 fully saturated rings. The quantitative estimate of drug-likeness (QED) is 0.420. The Balaban J connectivity index is 2.23. The number of halogens is 1. The number of hydroxylamine groups is 3. The lowest BCUT2D eigenvalue weighted by Gasteiger charge is -2.39. The molecule has 0 spiro atoms. The Morgan fingerprint density at radius 3 is 2.29 bits per heavy atom. The van der Waals surface area contributed by atoms with Gasteiger partial charge in [0.05, 0.1) is 4.90 Å². The monoisotopic (exact) mass is 433 g/mol. The van der Waals surface area contributed by atoms with Crippen molar-refractivity contribution < 1.29 is 26.9 Å². The summed E-state index contributed by atoms with van der Waals surface area (Å²) in [5.74, 6) is -0.589. The Labute approximate surface area is 172 Å². The fourth-order valence-electron chi connectivity index (χ4n) is 3.06. The Kier molecular flexibility index (Phi) is 7.15. The number of carbonyl (C=O) groups excluding carboxylic acids is 1. The van der Waals surface area contributed by atoms with E-state index in [1.807, 2.05) is 6.92 Å². The fraction of sp³-hybridized carbons (Fsp3) is 0.632. The lowest BCUT2D eigenvalue weighted by atomic mass is 10.1. The van der Waals surface area contributed by atoms with E-state index in [1.165, 1.54) is 12.1 Å². The first-order valence-electron chi connectivity index (χ1n) is 9.33. The average Bonchev–Trinajstić information content (AvgIpc) is 2.56. The first-order chi connectivity index (χ1) is 12.8. The highest BCUT2D eigenvalue weighted by Crippen LogP contribution is 2.28. The summed E-state index contributed by atoms with van der Waals surface area (Å²) in [6.07, 6.45) is 1.12. The Bertz CT molecular complexity index is 782. The van der Waals surface area contributed by atoms with E-state index in [0.717, 1.165) is 5.56 Å². The molecule has 1 aromatic carbocycles. The zero-order chi connectivity index (χ0) is 21.2. The van der Waals surface area contributed by atoms with Gasteiger partial charge in [-0.15, -0.1) is 11.6 Å². The molecule has 158 valence electrons. The van der Waals surface area contributed by atoms with Crippen LogP contribution in [0.5, 0.6) is 0 Å². The zero-order valence-electron chi connectivity index (χ0n) is 16.9. The highest BCUT2D eigenvalue weighted by Gasteiger charge is 2.44. The van der Waals surface area contributed by atoms with Gasteiger partial charge in [0.15, 0.2) is 6.04 Å². The molecule has 1 unspecified atom stereocenters. The van der Waals surface area contributed by atoms with E-state index < -0.39 is 27.7 Å². The number of nitrogens with two attached hydrogens (primary N) is 1. The molecule has 0 aliphatic carbocycles. The number of esters is 1. The van der Waals surface area contributed by atoms with Crippen LogP contribution in [0.3, 0.4) is 0 Å². The van der Waals surface area contributed by atoms with Crippen LogP contribution in [0.15, 0.2) is 29.2 Å². The molecule has 0 bridgehead atoms. The van der Waals surface area contributed by atoms with E-state index in [4.69, 9.17) is 26.4 Å². The number of alkyl halides is 1. The van der Waals surface area contributed by atoms with Crippen molar-refractivity contribution >= 4 is 27.7 Å². The molecule has 0 radical (unpaired) electrons. The molecule has 28 heavy (non-hydrogen) atoms. The standard InChI is InChI=1S/C19H30ClN2O5S/c1-14-5-7-16(8-6-14)28(24,25)27-22(11-9-15(20)10-12-22)13-17(21)18(23)26-19(2,3)4/h5-8,15,17H,9-13,21H2,1-4H3/q+1. The predicted octanol–water partition coefficient (Wildman–Crippen LogP) is 2.50. The second-order valence-electron chi connectivity index (χ2n) is 8.34. The zero-order valence-corrected chi connectivity index (χ0v) is 18.4. The van der Waals surface area contributed by atoms with Gasteiger partial charge in [-0.1, -0.05) is 22.0 Å². The van der Waals surface area contributed by atoms with Gasteiger partial charge in [-0.2, -0.15) is 13.1 Å². The molecule has 7 nitrogen and oxygen atoms in total. The number of rotatable bonds is 6. The van der Waals surface area contributed by atoms with Crippen molar-refractivity contribution in [2.75, 3.05) is 19.6 Å². The third-order valence-electron chi connectivity index (χ3n) is 4.50. The van der Waals surface area contributed by atoms with Gasteiger partial charge in [-0.05, 0) is 39.8 Å². The van der Waals surface area contributed by atoms with Gasteiger partial charge in [0, 0.05) is 18.2 Å². The van der Waals surface area contributed by atoms with E-state index in [2.05, 4.69) is 0 Å². The van der Waals surface area contributed by atoms with Crippen molar-refractivity contribution in [1.82, 2.24) is 0 Å². The van der Waals surface area contributed by atoms with E-state index in [9.17, 15) is 13.2 Å². The molecule has 9 heteroatoms. The minimum absolute atomic E-state index is 0.0103. The Morgan fingerprint density at radius 1 is 1.25 bits per heavy atom. The second-order valence-corrected chi connectivity index (χ2v) is 10.5. The van der Waals surface area contributed by atoms with Crippen LogP contribution in [0.1, 0.15) is 39.2 Å². The van der Waals surface area contributed by atoms with E-state index >= 15 is 0 Å². The van der Waals surface area contributed by atoms with Crippen LogP contribution in [0, 0.1) is 6.92 Å². The number of piperidine rings is 1. The largest absolute Gasteiger partial charge is 0.459 e. The maximum absolute atomic E-state index is 12.9. The minimum Gasteiger partial charge on any atom is -0.459 e. The van der Waals surface area contributed by atoms with Gasteiger partial charge < -0.3 is 10.5 Å². The number of carbonyl (C=O) groups is 1. The molecule has 1 heterocycles. The molecule has 0 amide bonds. The molecule has 2 rings (SSSR count). The van der Waals surface area contributed by atoms with Gasteiger partial charge in [0.1, 0.15) is 25.2 Å². The van der Waals surface area contributed by atoms with Gasteiger partial charge in [-0.3, -0.25) is 4.79 Å². The molecule has 1 aliphatic heterocycles. The minimum atomic E-state index is -4.04. The Morgan fingerprint density at radius 2 is 1.79 bits per heavy atom. The summed E-state index contributed by atoms with van der Waals surface area (Å²) in [6.45, 7) is 7.80. The van der Waals surface area contributed by atoms with Crippen molar-refractivity contribution in [3.63, 3.8) is 0 Å². The normalized spacial score (nSPS) is 24.6. The van der Waals surface area contributed by atoms with Gasteiger partial charge in [-0.25, -0.2) is 0 Å². The van der Waals surface area contributed by atoms with Crippen molar-refractivity contribution in [3.8, 4) is 0 Å². The SMILES string of the molecule is Cc1ccc(S(=O)(=O)O[N+]2(CC(N)C(=O)OC(C)(C)C)CCC(Cl)CC2)cc1. The molecule has 1 saturated heterocycles. The lowest BCUT2D eigenvalue weighted by molar-refractivity contribution is -1.08. The highest BCUT2D eigenvalue weighted by molar-refractivity contribution is 7.86. The van der Waals surface area contributed by atoms with Crippen molar-refractivity contribution in [2.45, 2.75) is 62.5 Å². The number of hydrogen-bond acceptors (Lipinski definition) is 6. The first kappa shape index (κ1) is 23.1. The molecule has 0 aromatic heterocycles. The lowest BCUT2D eigenvalue weighted by Crippen LogP contribution is -2.60. The second kappa shape index (κ2) is 8.67. The number of nitrogens with zero attached hydrogens (tertiary/aromatic N) is 1. The van der Waals surface area contributed by atoms with E-state index in [0.29, 0.717) is 25.9 Å². The summed E-state index contributed by atoms with van der Waals surface area (Å²) >= 11 is 6.20. The first-order valence-corrected chi connectivity index (χ1v) is 11.2. The number of likely N-dealkylation sites (tertiary alicyclic amines) is 1. The number of benzene rings is 1. The summed E-state index contributed by atoms with van der Waals surface area (Å²) in [6, 6.07) is 5.40. The molecule has 1 atom stereocenters. The van der Waals surface area contributed by atoms with Crippen molar-refractivity contribution in [3.05, 3.63) is 29.8 Å². The summed E-state index contributed by atoms with van der Waals surface area (Å²) in [5.41, 5.74) is 6.31. The average molecular weight is 434 g/mol. The number of ether oxygens (including phenoxy) is 1. The smallest absolute Gasteiger partial charge is 0.342 e. The van der Waals surface area contributed by atoms with Crippen LogP contribution in [-0.2, 0) is 23.9 Å². The van der Waals surface area contributed by atoms with E-state index in [1.54, 1.807) is 32.9 Å². The van der Waals surface area contributed by atoms with Crippen LogP contribution in [0.4, 0.5) is 0 Å². The van der Waals surface area contributed by atoms with Crippen LogP contribution in [0.2, 0.25) is 0 Å². The summed E-state index contributed by atoms with van der Waals surface area (Å²) in [5, 5.41) is -0.0605. The number of quaternary nitrogens is 1. The molecule has 0 saturated carbocycles. The molecule has 1 aromatic rings. The summed E-state index contributed by atoms with van der Waals surface area (Å²) < 4.78 is 36.4. The maximum atomic E-state index is 12.9. The molecular weight excluding hydrogens is 404 g/mol. The van der Waals surface area contributed by atoms with Crippen LogP contribution < -0.4 is 5.73 Å². The molecule has 1 aliphatic rings. The van der Waals surface area contributed by atoms with E-state index in [-0.39, 0.29) is 21.5 Å². The van der Waals surface area contributed by atoms with Gasteiger partial charge >= 0.3 is 16.1 Å². The van der Waals surface area contributed by atoms with Crippen LogP contribution in [0.25, 0.3) is 0 Å². The summed E-state index contributed by atoms with van der Waals surface area (Å²) in [4.78, 5) is 12.4. The van der Waals surface area contributed by atoms with Gasteiger partial charge in [0.25, 0.3) is 0 Å². The van der Waals surface area contributed by atoms with Gasteiger partial charge in [0.2, 0.25) is 0 Å².